The molecule has 6 rings (SSSR count). The number of rotatable bonds is 11. The second-order valence-electron chi connectivity index (χ2n) is 14.2. The molecule has 2 saturated heterocycles. The third kappa shape index (κ3) is 10.8. The quantitative estimate of drug-likeness (QED) is 0.0915. The average Bonchev–Trinajstić information content (AvgIpc) is 3.19. The Kier molecular flexibility index (Phi) is 16.9. The Morgan fingerprint density at radius 3 is 1.45 bits per heavy atom. The van der Waals surface area contributed by atoms with Gasteiger partial charge in [-0.15, -0.1) is 11.6 Å². The summed E-state index contributed by atoms with van der Waals surface area (Å²) in [7, 11) is 2.57. The highest BCUT2D eigenvalue weighted by Crippen LogP contribution is 2.40. The van der Waals surface area contributed by atoms with Crippen LogP contribution in [0.5, 0.6) is 0 Å². The first-order valence-corrected chi connectivity index (χ1v) is 18.7. The zero-order valence-corrected chi connectivity index (χ0v) is 35.9. The molecular weight excluding hydrogens is 854 g/mol. The van der Waals surface area contributed by atoms with Gasteiger partial charge in [-0.2, -0.15) is 53.3 Å². The first-order valence-electron chi connectivity index (χ1n) is 18.2. The van der Waals surface area contributed by atoms with E-state index in [-0.39, 0.29) is 58.0 Å². The second kappa shape index (κ2) is 20.3. The van der Waals surface area contributed by atoms with Crippen LogP contribution in [0.15, 0.2) is 109 Å². The molecular formula is C42H47ClF6N4O5S2. The summed E-state index contributed by atoms with van der Waals surface area (Å²) >= 11 is 5.85. The first kappa shape index (κ1) is 49.8. The van der Waals surface area contributed by atoms with Gasteiger partial charge in [-0.1, -0.05) is 60.7 Å². The monoisotopic (exact) mass is 900 g/mol. The number of anilines is 2. The second-order valence-corrected chi connectivity index (χ2v) is 14.4. The Balaban J connectivity index is 0.000000313. The van der Waals surface area contributed by atoms with Crippen LogP contribution in [0, 0.1) is 0 Å². The molecule has 0 radical (unpaired) electrons. The number of nitrogens with one attached hydrogen (secondary N) is 1. The number of methoxy groups -OCH3 is 2. The molecule has 9 nitrogen and oxygen atoms in total. The SMILES string of the molecule is COC(=O)C1(N(C(=O)CCl)[C@@H](C)c2ccc(C(F)(F)F)cc2)CN(c2ccccc2)C1.COC(=O)C1(N[C@@H](C)c2ccc(C(F)(F)F)cc2)CN(c2ccccc2)C1.S.S. The van der Waals surface area contributed by atoms with Crippen molar-refractivity contribution in [2.24, 2.45) is 0 Å². The number of amides is 1. The summed E-state index contributed by atoms with van der Waals surface area (Å²) in [4.78, 5) is 43.4. The fourth-order valence-electron chi connectivity index (χ4n) is 7.33. The summed E-state index contributed by atoms with van der Waals surface area (Å²) in [6.07, 6.45) is -8.84. The molecule has 2 aliphatic heterocycles. The number of ether oxygens (including phenoxy) is 2. The van der Waals surface area contributed by atoms with Crippen molar-refractivity contribution >= 4 is 67.8 Å². The highest BCUT2D eigenvalue weighted by atomic mass is 35.5. The Hall–Kier alpha value is -4.58. The largest absolute Gasteiger partial charge is 0.468 e. The summed E-state index contributed by atoms with van der Waals surface area (Å²) in [5, 5.41) is 3.26. The highest BCUT2D eigenvalue weighted by molar-refractivity contribution is 7.59. The van der Waals surface area contributed by atoms with Crippen LogP contribution in [-0.4, -0.2) is 80.1 Å². The fourth-order valence-corrected chi connectivity index (χ4v) is 7.45. The Morgan fingerprint density at radius 1 is 0.667 bits per heavy atom. The summed E-state index contributed by atoms with van der Waals surface area (Å²) in [5.74, 6) is -1.87. The number of halogens is 7. The predicted octanol–water partition coefficient (Wildman–Crippen LogP) is 8.28. The van der Waals surface area contributed by atoms with Crippen molar-refractivity contribution in [3.05, 3.63) is 131 Å². The molecule has 2 aliphatic rings. The van der Waals surface area contributed by atoms with Crippen molar-refractivity contribution in [2.45, 2.75) is 49.4 Å². The van der Waals surface area contributed by atoms with E-state index in [9.17, 15) is 40.7 Å². The molecule has 0 aliphatic carbocycles. The molecule has 0 aromatic heterocycles. The van der Waals surface area contributed by atoms with Gasteiger partial charge in [-0.05, 0) is 73.5 Å². The number of nitrogens with zero attached hydrogens (tertiary/aromatic N) is 3. The molecule has 0 spiro atoms. The van der Waals surface area contributed by atoms with Crippen LogP contribution in [0.3, 0.4) is 0 Å². The molecule has 2 fully saturated rings. The van der Waals surface area contributed by atoms with E-state index < -0.39 is 52.5 Å². The molecule has 0 saturated carbocycles. The van der Waals surface area contributed by atoms with Crippen LogP contribution in [0.4, 0.5) is 37.7 Å². The van der Waals surface area contributed by atoms with Gasteiger partial charge in [-0.25, -0.2) is 9.59 Å². The maximum atomic E-state index is 12.9. The molecule has 4 aromatic rings. The minimum atomic E-state index is -4.47. The van der Waals surface area contributed by atoms with Gasteiger partial charge in [0.1, 0.15) is 5.88 Å². The topological polar surface area (TPSA) is 91.4 Å². The Morgan fingerprint density at radius 2 is 1.07 bits per heavy atom. The van der Waals surface area contributed by atoms with Gasteiger partial charge in [0.05, 0.1) is 44.5 Å². The number of carbonyl (C=O) groups is 3. The fraction of sp³-hybridized carbons (Fsp3) is 0.357. The Labute approximate surface area is 363 Å². The molecule has 326 valence electrons. The van der Waals surface area contributed by atoms with Gasteiger partial charge in [0.25, 0.3) is 0 Å². The van der Waals surface area contributed by atoms with Crippen LogP contribution in [0.1, 0.15) is 48.2 Å². The minimum Gasteiger partial charge on any atom is -0.468 e. The van der Waals surface area contributed by atoms with E-state index >= 15 is 0 Å². The third-order valence-electron chi connectivity index (χ3n) is 10.4. The van der Waals surface area contributed by atoms with Crippen LogP contribution in [-0.2, 0) is 36.2 Å². The normalized spacial score (nSPS) is 16.1. The summed E-state index contributed by atoms with van der Waals surface area (Å²) in [6, 6.07) is 27.5. The van der Waals surface area contributed by atoms with Crippen LogP contribution in [0.2, 0.25) is 0 Å². The summed E-state index contributed by atoms with van der Waals surface area (Å²) < 4.78 is 86.9. The smallest absolute Gasteiger partial charge is 0.416 e. The number of carbonyl (C=O) groups excluding carboxylic acids is 3. The number of hydrogen-bond donors (Lipinski definition) is 1. The minimum absolute atomic E-state index is 0. The van der Waals surface area contributed by atoms with Gasteiger partial charge < -0.3 is 24.2 Å². The van der Waals surface area contributed by atoms with Gasteiger partial charge in [-0.3, -0.25) is 10.1 Å². The van der Waals surface area contributed by atoms with E-state index in [2.05, 4.69) is 5.32 Å². The van der Waals surface area contributed by atoms with Crippen molar-refractivity contribution in [1.82, 2.24) is 10.2 Å². The molecule has 2 atom stereocenters. The van der Waals surface area contributed by atoms with E-state index in [4.69, 9.17) is 21.1 Å². The molecule has 0 unspecified atom stereocenters. The van der Waals surface area contributed by atoms with Crippen molar-refractivity contribution in [1.29, 1.82) is 0 Å². The van der Waals surface area contributed by atoms with Crippen LogP contribution >= 0.6 is 38.6 Å². The first-order chi connectivity index (χ1) is 27.4. The van der Waals surface area contributed by atoms with Crippen molar-refractivity contribution < 1.29 is 50.2 Å². The lowest BCUT2D eigenvalue weighted by molar-refractivity contribution is -0.166. The maximum absolute atomic E-state index is 12.9. The molecule has 4 aromatic carbocycles. The van der Waals surface area contributed by atoms with Gasteiger partial charge >= 0.3 is 24.3 Å². The molecule has 2 heterocycles. The number of benzene rings is 4. The number of para-hydroxylation sites is 2. The Bertz CT molecular complexity index is 2020. The van der Waals surface area contributed by atoms with E-state index in [1.807, 2.05) is 77.4 Å². The van der Waals surface area contributed by atoms with Crippen LogP contribution < -0.4 is 15.1 Å². The van der Waals surface area contributed by atoms with Crippen molar-refractivity contribution in [3.8, 4) is 0 Å². The lowest BCUT2D eigenvalue weighted by Crippen LogP contribution is -2.76. The molecule has 60 heavy (non-hydrogen) atoms. The van der Waals surface area contributed by atoms with E-state index in [0.29, 0.717) is 24.2 Å². The standard InChI is InChI=1S/C22H22ClF3N2O3.C20H21F3N2O2.2H2S/c1-15(16-8-10-17(11-9-16)22(24,25)26)28(19(29)12-23)21(20(30)31-2)13-27(14-21)18-6-4-3-5-7-18;1-14(15-8-10-16(11-9-15)20(21,22)23)24-19(18(26)27-2)12-25(13-19)17-6-4-3-5-7-17;;/h3-11,15H,12-14H2,1-2H3;3-11,14,24H,12-13H2,1-2H3;2*1H2/t15-;14-;;/m00../s1. The highest BCUT2D eigenvalue weighted by Gasteiger charge is 2.58. The molecule has 18 heteroatoms. The number of esters is 2. The molecule has 1 N–H and O–H groups in total. The zero-order valence-electron chi connectivity index (χ0n) is 33.1. The predicted molar refractivity (Wildman–Crippen MR) is 228 cm³/mol. The van der Waals surface area contributed by atoms with Gasteiger partial charge in [0, 0.05) is 30.5 Å². The van der Waals surface area contributed by atoms with E-state index in [1.165, 1.54) is 43.4 Å². The van der Waals surface area contributed by atoms with Crippen molar-refractivity contribution in [3.63, 3.8) is 0 Å². The lowest BCUT2D eigenvalue weighted by atomic mass is 9.84. The maximum Gasteiger partial charge on any atom is 0.416 e. The molecule has 1 amide bonds. The van der Waals surface area contributed by atoms with E-state index in [0.717, 1.165) is 35.6 Å². The van der Waals surface area contributed by atoms with Crippen molar-refractivity contribution in [2.75, 3.05) is 56.1 Å². The number of alkyl halides is 7. The summed E-state index contributed by atoms with van der Waals surface area (Å²) in [6.45, 7) is 4.68. The molecule has 0 bridgehead atoms. The summed E-state index contributed by atoms with van der Waals surface area (Å²) in [5.41, 5.74) is -0.688. The number of hydrogen-bond acceptors (Lipinski definition) is 8. The van der Waals surface area contributed by atoms with Gasteiger partial charge in [0.2, 0.25) is 5.91 Å². The van der Waals surface area contributed by atoms with Gasteiger partial charge in [0.15, 0.2) is 11.1 Å². The zero-order chi connectivity index (χ0) is 42.5. The third-order valence-corrected chi connectivity index (χ3v) is 10.6. The average molecular weight is 901 g/mol. The van der Waals surface area contributed by atoms with E-state index in [1.54, 1.807) is 6.92 Å². The van der Waals surface area contributed by atoms with Crippen LogP contribution in [0.25, 0.3) is 0 Å². The lowest BCUT2D eigenvalue weighted by Gasteiger charge is -2.55.